The summed E-state index contributed by atoms with van der Waals surface area (Å²) in [5.74, 6) is 1.80. The Hall–Kier alpha value is -0.820. The van der Waals surface area contributed by atoms with Gasteiger partial charge in [0.2, 0.25) is 0 Å². The summed E-state index contributed by atoms with van der Waals surface area (Å²) in [5.41, 5.74) is 4.23. The highest BCUT2D eigenvalue weighted by Gasteiger charge is 2.20. The summed E-state index contributed by atoms with van der Waals surface area (Å²) in [6.45, 7) is 9.01. The van der Waals surface area contributed by atoms with Crippen LogP contribution in [0.2, 0.25) is 0 Å². The van der Waals surface area contributed by atoms with Gasteiger partial charge in [0.15, 0.2) is 0 Å². The minimum atomic E-state index is 0.892. The quantitative estimate of drug-likeness (QED) is 0.837. The van der Waals surface area contributed by atoms with E-state index in [1.165, 1.54) is 48.9 Å². The van der Waals surface area contributed by atoms with Gasteiger partial charge in [-0.25, -0.2) is 0 Å². The van der Waals surface area contributed by atoms with Crippen LogP contribution in [0.15, 0.2) is 18.2 Å². The van der Waals surface area contributed by atoms with E-state index in [0.29, 0.717) is 0 Å². The van der Waals surface area contributed by atoms with Gasteiger partial charge in [-0.3, -0.25) is 0 Å². The normalized spacial score (nSPS) is 24.2. The predicted molar refractivity (Wildman–Crippen MR) is 78.7 cm³/mol. The van der Waals surface area contributed by atoms with Crippen molar-refractivity contribution in [3.8, 4) is 0 Å². The molecule has 0 aromatic heterocycles. The summed E-state index contributed by atoms with van der Waals surface area (Å²) in [4.78, 5) is 0. The summed E-state index contributed by atoms with van der Waals surface area (Å²) < 4.78 is 0. The number of hydrogen-bond donors (Lipinski definition) is 1. The third-order valence-corrected chi connectivity index (χ3v) is 4.52. The first-order valence-electron chi connectivity index (χ1n) is 7.43. The van der Waals surface area contributed by atoms with Crippen molar-refractivity contribution in [2.24, 2.45) is 11.8 Å². The summed E-state index contributed by atoms with van der Waals surface area (Å²) in [7, 11) is 0. The molecule has 1 aromatic rings. The molecule has 1 heteroatoms. The van der Waals surface area contributed by atoms with E-state index in [2.05, 4.69) is 44.3 Å². The molecule has 0 amide bonds. The standard InChI is InChI=1S/C17H27N/c1-13-8-9-15(3)17(10-13)12-18-11-16-7-5-4-6-14(16)2/h8-10,14,16,18H,4-7,11-12H2,1-3H3. The average molecular weight is 245 g/mol. The van der Waals surface area contributed by atoms with Crippen molar-refractivity contribution in [1.82, 2.24) is 5.32 Å². The zero-order valence-corrected chi connectivity index (χ0v) is 12.1. The van der Waals surface area contributed by atoms with Crippen molar-refractivity contribution in [3.05, 3.63) is 34.9 Å². The Morgan fingerprint density at radius 3 is 2.72 bits per heavy atom. The minimum absolute atomic E-state index is 0.892. The fourth-order valence-electron chi connectivity index (χ4n) is 3.08. The Labute approximate surface area is 112 Å². The van der Waals surface area contributed by atoms with Gasteiger partial charge in [-0.15, -0.1) is 0 Å². The third kappa shape index (κ3) is 3.58. The topological polar surface area (TPSA) is 12.0 Å². The van der Waals surface area contributed by atoms with Crippen molar-refractivity contribution in [2.45, 2.75) is 53.0 Å². The van der Waals surface area contributed by atoms with Crippen molar-refractivity contribution in [2.75, 3.05) is 6.54 Å². The van der Waals surface area contributed by atoms with Gasteiger partial charge >= 0.3 is 0 Å². The van der Waals surface area contributed by atoms with E-state index in [-0.39, 0.29) is 0 Å². The van der Waals surface area contributed by atoms with E-state index in [9.17, 15) is 0 Å². The highest BCUT2D eigenvalue weighted by atomic mass is 14.9. The van der Waals surface area contributed by atoms with Gasteiger partial charge in [0.25, 0.3) is 0 Å². The summed E-state index contributed by atoms with van der Waals surface area (Å²) in [6, 6.07) is 6.74. The van der Waals surface area contributed by atoms with Crippen molar-refractivity contribution in [1.29, 1.82) is 0 Å². The predicted octanol–water partition coefficient (Wildman–Crippen LogP) is 4.22. The van der Waals surface area contributed by atoms with Gasteiger partial charge in [0.05, 0.1) is 0 Å². The molecule has 0 bridgehead atoms. The highest BCUT2D eigenvalue weighted by molar-refractivity contribution is 5.30. The molecule has 2 unspecified atom stereocenters. The molecule has 1 nitrogen and oxygen atoms in total. The number of hydrogen-bond acceptors (Lipinski definition) is 1. The maximum atomic E-state index is 3.67. The molecule has 0 spiro atoms. The molecule has 1 saturated carbocycles. The largest absolute Gasteiger partial charge is 0.312 e. The molecule has 1 aliphatic rings. The molecule has 0 aliphatic heterocycles. The number of benzene rings is 1. The SMILES string of the molecule is Cc1ccc(C)c(CNCC2CCCCC2C)c1. The maximum absolute atomic E-state index is 3.67. The molecule has 1 N–H and O–H groups in total. The molecule has 18 heavy (non-hydrogen) atoms. The van der Waals surface area contributed by atoms with Crippen LogP contribution in [-0.4, -0.2) is 6.54 Å². The lowest BCUT2D eigenvalue weighted by atomic mass is 9.80. The summed E-state index contributed by atoms with van der Waals surface area (Å²) in [5, 5.41) is 3.67. The molecule has 0 radical (unpaired) electrons. The van der Waals surface area contributed by atoms with Gasteiger partial charge < -0.3 is 5.32 Å². The smallest absolute Gasteiger partial charge is 0.0208 e. The van der Waals surface area contributed by atoms with Crippen LogP contribution in [0.5, 0.6) is 0 Å². The molecule has 1 aromatic carbocycles. The Morgan fingerprint density at radius 1 is 1.17 bits per heavy atom. The Kier molecular flexibility index (Phi) is 4.82. The second kappa shape index (κ2) is 6.38. The first kappa shape index (κ1) is 13.6. The monoisotopic (exact) mass is 245 g/mol. The van der Waals surface area contributed by atoms with Gasteiger partial charge in [-0.2, -0.15) is 0 Å². The molecule has 100 valence electrons. The molecular formula is C17H27N. The molecule has 2 atom stereocenters. The Morgan fingerprint density at radius 2 is 1.94 bits per heavy atom. The van der Waals surface area contributed by atoms with E-state index in [4.69, 9.17) is 0 Å². The van der Waals surface area contributed by atoms with E-state index < -0.39 is 0 Å². The van der Waals surface area contributed by atoms with Gasteiger partial charge in [-0.1, -0.05) is 49.9 Å². The van der Waals surface area contributed by atoms with Crippen LogP contribution in [0.3, 0.4) is 0 Å². The van der Waals surface area contributed by atoms with Gasteiger partial charge in [-0.05, 0) is 49.8 Å². The van der Waals surface area contributed by atoms with Crippen LogP contribution in [-0.2, 0) is 6.54 Å². The van der Waals surface area contributed by atoms with Crippen molar-refractivity contribution in [3.63, 3.8) is 0 Å². The lowest BCUT2D eigenvalue weighted by molar-refractivity contribution is 0.247. The second-order valence-electron chi connectivity index (χ2n) is 6.08. The van der Waals surface area contributed by atoms with Crippen molar-refractivity contribution < 1.29 is 0 Å². The molecule has 0 heterocycles. The molecular weight excluding hydrogens is 218 g/mol. The fourth-order valence-corrected chi connectivity index (χ4v) is 3.08. The minimum Gasteiger partial charge on any atom is -0.312 e. The summed E-state index contributed by atoms with van der Waals surface area (Å²) >= 11 is 0. The van der Waals surface area contributed by atoms with Crippen LogP contribution in [0.25, 0.3) is 0 Å². The number of rotatable bonds is 4. The maximum Gasteiger partial charge on any atom is 0.0208 e. The Bertz CT molecular complexity index is 383. The number of nitrogens with one attached hydrogen (secondary N) is 1. The highest BCUT2D eigenvalue weighted by Crippen LogP contribution is 2.28. The molecule has 1 aliphatic carbocycles. The van der Waals surface area contributed by atoms with Crippen LogP contribution < -0.4 is 5.32 Å². The van der Waals surface area contributed by atoms with Crippen LogP contribution in [0.4, 0.5) is 0 Å². The van der Waals surface area contributed by atoms with Crippen LogP contribution >= 0.6 is 0 Å². The fraction of sp³-hybridized carbons (Fsp3) is 0.647. The lowest BCUT2D eigenvalue weighted by Gasteiger charge is -2.29. The van der Waals surface area contributed by atoms with E-state index >= 15 is 0 Å². The molecule has 2 rings (SSSR count). The first-order valence-corrected chi connectivity index (χ1v) is 7.43. The molecule has 1 fully saturated rings. The zero-order chi connectivity index (χ0) is 13.0. The zero-order valence-electron chi connectivity index (χ0n) is 12.1. The van der Waals surface area contributed by atoms with E-state index in [1.54, 1.807) is 0 Å². The Balaban J connectivity index is 1.82. The van der Waals surface area contributed by atoms with Crippen molar-refractivity contribution >= 4 is 0 Å². The number of aryl methyl sites for hydroxylation is 2. The van der Waals surface area contributed by atoms with Crippen LogP contribution in [0, 0.1) is 25.7 Å². The van der Waals surface area contributed by atoms with E-state index in [1.807, 2.05) is 0 Å². The van der Waals surface area contributed by atoms with Gasteiger partial charge in [0.1, 0.15) is 0 Å². The van der Waals surface area contributed by atoms with Crippen LogP contribution in [0.1, 0.15) is 49.3 Å². The second-order valence-corrected chi connectivity index (χ2v) is 6.08. The van der Waals surface area contributed by atoms with E-state index in [0.717, 1.165) is 18.4 Å². The lowest BCUT2D eigenvalue weighted by Crippen LogP contribution is -2.29. The van der Waals surface area contributed by atoms with Gasteiger partial charge in [0, 0.05) is 6.54 Å². The third-order valence-electron chi connectivity index (χ3n) is 4.52. The first-order chi connectivity index (χ1) is 8.66. The summed E-state index contributed by atoms with van der Waals surface area (Å²) in [6.07, 6.45) is 5.71. The average Bonchev–Trinajstić information content (AvgIpc) is 2.36. The molecule has 0 saturated heterocycles.